The molecule has 0 saturated carbocycles. The Labute approximate surface area is 116 Å². The van der Waals surface area contributed by atoms with E-state index in [2.05, 4.69) is 9.97 Å². The molecule has 0 unspecified atom stereocenters. The monoisotopic (exact) mass is 281 g/mol. The lowest BCUT2D eigenvalue weighted by atomic mass is 10.0. The number of anilines is 1. The Bertz CT molecular complexity index is 577. The van der Waals surface area contributed by atoms with Gasteiger partial charge < -0.3 is 5.73 Å². The van der Waals surface area contributed by atoms with Gasteiger partial charge >= 0.3 is 0 Å². The molecule has 0 aliphatic rings. The average Bonchev–Trinajstić information content (AvgIpc) is 2.26. The Kier molecular flexibility index (Phi) is 3.73. The van der Waals surface area contributed by atoms with Crippen LogP contribution < -0.4 is 5.73 Å². The van der Waals surface area contributed by atoms with Crippen LogP contribution in [0.5, 0.6) is 0 Å². The number of nitrogen functional groups attached to an aromatic ring is 1. The Morgan fingerprint density at radius 1 is 1.11 bits per heavy atom. The van der Waals surface area contributed by atoms with Gasteiger partial charge in [0, 0.05) is 15.6 Å². The molecule has 0 saturated heterocycles. The van der Waals surface area contributed by atoms with Gasteiger partial charge in [-0.15, -0.1) is 0 Å². The summed E-state index contributed by atoms with van der Waals surface area (Å²) in [4.78, 5) is 8.47. The van der Waals surface area contributed by atoms with E-state index in [4.69, 9.17) is 28.9 Å². The maximum atomic E-state index is 6.03. The zero-order valence-corrected chi connectivity index (χ0v) is 11.7. The highest BCUT2D eigenvalue weighted by molar-refractivity contribution is 6.35. The molecule has 0 bridgehead atoms. The van der Waals surface area contributed by atoms with E-state index in [9.17, 15) is 0 Å². The van der Waals surface area contributed by atoms with E-state index < -0.39 is 0 Å². The van der Waals surface area contributed by atoms with Gasteiger partial charge in [-0.3, -0.25) is 0 Å². The molecule has 18 heavy (non-hydrogen) atoms. The van der Waals surface area contributed by atoms with Crippen LogP contribution in [0.2, 0.25) is 10.0 Å². The highest BCUT2D eigenvalue weighted by atomic mass is 35.5. The predicted molar refractivity (Wildman–Crippen MR) is 76.0 cm³/mol. The van der Waals surface area contributed by atoms with Crippen LogP contribution in [0.4, 0.5) is 5.95 Å². The van der Waals surface area contributed by atoms with Crippen LogP contribution in [0.3, 0.4) is 0 Å². The minimum atomic E-state index is 0.293. The second-order valence-electron chi connectivity index (χ2n) is 4.00. The highest BCUT2D eigenvalue weighted by Crippen LogP contribution is 2.31. The van der Waals surface area contributed by atoms with Crippen molar-refractivity contribution in [2.24, 2.45) is 0 Å². The van der Waals surface area contributed by atoms with Crippen molar-refractivity contribution in [3.05, 3.63) is 39.6 Å². The van der Waals surface area contributed by atoms with E-state index in [1.54, 1.807) is 6.07 Å². The molecule has 0 atom stereocenters. The number of nitrogens with two attached hydrogens (primary N) is 1. The molecule has 0 amide bonds. The molecule has 5 heteroatoms. The van der Waals surface area contributed by atoms with Gasteiger partial charge in [0.25, 0.3) is 0 Å². The van der Waals surface area contributed by atoms with E-state index in [1.807, 2.05) is 26.0 Å². The maximum absolute atomic E-state index is 6.03. The van der Waals surface area contributed by atoms with Crippen LogP contribution in [0.1, 0.15) is 18.3 Å². The van der Waals surface area contributed by atoms with Crippen molar-refractivity contribution in [3.63, 3.8) is 0 Å². The molecule has 1 heterocycles. The second kappa shape index (κ2) is 5.12. The fourth-order valence-corrected chi connectivity index (χ4v) is 2.51. The first-order chi connectivity index (χ1) is 8.51. The van der Waals surface area contributed by atoms with Crippen molar-refractivity contribution in [1.82, 2.24) is 9.97 Å². The van der Waals surface area contributed by atoms with Crippen molar-refractivity contribution in [1.29, 1.82) is 0 Å². The van der Waals surface area contributed by atoms with Crippen LogP contribution in [0.15, 0.2) is 18.2 Å². The zero-order valence-electron chi connectivity index (χ0n) is 10.2. The summed E-state index contributed by atoms with van der Waals surface area (Å²) in [6, 6.07) is 5.41. The summed E-state index contributed by atoms with van der Waals surface area (Å²) < 4.78 is 0. The van der Waals surface area contributed by atoms with Gasteiger partial charge in [-0.05, 0) is 37.1 Å². The molecule has 2 N–H and O–H groups in total. The largest absolute Gasteiger partial charge is 0.368 e. The lowest BCUT2D eigenvalue weighted by molar-refractivity contribution is 0.992. The maximum Gasteiger partial charge on any atom is 0.220 e. The molecule has 0 aliphatic carbocycles. The van der Waals surface area contributed by atoms with Crippen LogP contribution in [0, 0.1) is 6.92 Å². The SMILES string of the molecule is CCc1nc(N)nc(C)c1-c1cc(Cl)cc(Cl)c1. The van der Waals surface area contributed by atoms with Gasteiger partial charge in [-0.2, -0.15) is 0 Å². The molecule has 0 aliphatic heterocycles. The number of nitrogens with zero attached hydrogens (tertiary/aromatic N) is 2. The minimum absolute atomic E-state index is 0.293. The van der Waals surface area contributed by atoms with Gasteiger partial charge in [0.1, 0.15) is 0 Å². The lowest BCUT2D eigenvalue weighted by Crippen LogP contribution is -2.04. The van der Waals surface area contributed by atoms with Gasteiger partial charge in [0.15, 0.2) is 0 Å². The topological polar surface area (TPSA) is 51.8 Å². The molecule has 0 radical (unpaired) electrons. The van der Waals surface area contributed by atoms with Gasteiger partial charge in [0.05, 0.1) is 11.4 Å². The molecular weight excluding hydrogens is 269 g/mol. The number of aromatic nitrogens is 2. The smallest absolute Gasteiger partial charge is 0.220 e. The second-order valence-corrected chi connectivity index (χ2v) is 4.87. The first-order valence-corrected chi connectivity index (χ1v) is 6.36. The third kappa shape index (κ3) is 2.57. The van der Waals surface area contributed by atoms with Crippen LogP contribution in [0.25, 0.3) is 11.1 Å². The minimum Gasteiger partial charge on any atom is -0.368 e. The third-order valence-corrected chi connectivity index (χ3v) is 3.10. The number of hydrogen-bond acceptors (Lipinski definition) is 3. The van der Waals surface area contributed by atoms with Gasteiger partial charge in [-0.1, -0.05) is 30.1 Å². The van der Waals surface area contributed by atoms with E-state index in [0.717, 1.165) is 28.9 Å². The standard InChI is InChI=1S/C13H13Cl2N3/c1-3-11-12(7(2)17-13(16)18-11)8-4-9(14)6-10(15)5-8/h4-6H,3H2,1-2H3,(H2,16,17,18). The third-order valence-electron chi connectivity index (χ3n) is 2.67. The van der Waals surface area contributed by atoms with Crippen molar-refractivity contribution in [2.75, 3.05) is 5.73 Å². The molecule has 0 fully saturated rings. The van der Waals surface area contributed by atoms with E-state index in [1.165, 1.54) is 0 Å². The summed E-state index contributed by atoms with van der Waals surface area (Å²) in [5.41, 5.74) is 9.27. The molecule has 2 aromatic rings. The summed E-state index contributed by atoms with van der Waals surface area (Å²) in [5.74, 6) is 0.293. The zero-order chi connectivity index (χ0) is 13.3. The lowest BCUT2D eigenvalue weighted by Gasteiger charge is -2.11. The fourth-order valence-electron chi connectivity index (χ4n) is 1.99. The fraction of sp³-hybridized carbons (Fsp3) is 0.231. The summed E-state index contributed by atoms with van der Waals surface area (Å²) in [5, 5.41) is 1.19. The number of benzene rings is 1. The Morgan fingerprint density at radius 3 is 2.28 bits per heavy atom. The number of aryl methyl sites for hydroxylation is 2. The summed E-state index contributed by atoms with van der Waals surface area (Å²) in [6.07, 6.45) is 0.771. The Morgan fingerprint density at radius 2 is 1.72 bits per heavy atom. The molecule has 3 nitrogen and oxygen atoms in total. The summed E-state index contributed by atoms with van der Waals surface area (Å²) in [7, 11) is 0. The molecule has 0 spiro atoms. The van der Waals surface area contributed by atoms with Crippen LogP contribution in [-0.2, 0) is 6.42 Å². The normalized spacial score (nSPS) is 10.7. The van der Waals surface area contributed by atoms with Crippen LogP contribution >= 0.6 is 23.2 Å². The van der Waals surface area contributed by atoms with Crippen molar-refractivity contribution in [2.45, 2.75) is 20.3 Å². The van der Waals surface area contributed by atoms with E-state index >= 15 is 0 Å². The Hall–Kier alpha value is -1.32. The van der Waals surface area contributed by atoms with Crippen molar-refractivity contribution in [3.8, 4) is 11.1 Å². The van der Waals surface area contributed by atoms with Gasteiger partial charge in [-0.25, -0.2) is 9.97 Å². The highest BCUT2D eigenvalue weighted by Gasteiger charge is 2.12. The number of hydrogen-bond donors (Lipinski definition) is 1. The van der Waals surface area contributed by atoms with E-state index in [-0.39, 0.29) is 0 Å². The summed E-state index contributed by atoms with van der Waals surface area (Å²) >= 11 is 12.1. The molecular formula is C13H13Cl2N3. The first-order valence-electron chi connectivity index (χ1n) is 5.60. The quantitative estimate of drug-likeness (QED) is 0.908. The van der Waals surface area contributed by atoms with Crippen molar-refractivity contribution < 1.29 is 0 Å². The molecule has 2 rings (SSSR count). The Balaban J connectivity index is 2.69. The predicted octanol–water partition coefficient (Wildman–Crippen LogP) is 3.90. The van der Waals surface area contributed by atoms with Crippen molar-refractivity contribution >= 4 is 29.2 Å². The number of halogens is 2. The molecule has 1 aromatic heterocycles. The molecule has 1 aromatic carbocycles. The van der Waals surface area contributed by atoms with Gasteiger partial charge in [0.2, 0.25) is 5.95 Å². The van der Waals surface area contributed by atoms with E-state index in [0.29, 0.717) is 16.0 Å². The first kappa shape index (κ1) is 13.1. The average molecular weight is 282 g/mol. The summed E-state index contributed by atoms with van der Waals surface area (Å²) in [6.45, 7) is 3.93. The molecule has 94 valence electrons. The van der Waals surface area contributed by atoms with Crippen LogP contribution in [-0.4, -0.2) is 9.97 Å². The number of rotatable bonds is 2.